The standard InChI is InChI=1S/C20H18N2O6/c1-2-27-20-17(18(25)14-5-3-4-6-15(14)28-20)22-13-9-7-12(8-10-13)19(26)21-11-16(23)24/h3-10,20H,2,11H2,1H3,(H,21,26)(H,23,24). The van der Waals surface area contributed by atoms with Gasteiger partial charge in [0.15, 0.2) is 5.71 Å². The van der Waals surface area contributed by atoms with Crippen molar-refractivity contribution in [3.63, 3.8) is 0 Å². The fraction of sp³-hybridized carbons (Fsp3) is 0.200. The van der Waals surface area contributed by atoms with E-state index in [-0.39, 0.29) is 17.1 Å². The first-order valence-corrected chi connectivity index (χ1v) is 8.60. The fourth-order valence-electron chi connectivity index (χ4n) is 2.63. The van der Waals surface area contributed by atoms with E-state index < -0.39 is 24.7 Å². The van der Waals surface area contributed by atoms with Crippen LogP contribution in [0.1, 0.15) is 27.6 Å². The molecule has 1 unspecified atom stereocenters. The number of fused-ring (bicyclic) bond motifs is 1. The summed E-state index contributed by atoms with van der Waals surface area (Å²) in [5.74, 6) is -1.49. The lowest BCUT2D eigenvalue weighted by atomic mass is 10.0. The van der Waals surface area contributed by atoms with Gasteiger partial charge in [-0.3, -0.25) is 14.4 Å². The molecule has 0 spiro atoms. The lowest BCUT2D eigenvalue weighted by Gasteiger charge is -2.26. The molecule has 1 aliphatic rings. The molecule has 0 saturated carbocycles. The molecule has 2 aromatic carbocycles. The lowest BCUT2D eigenvalue weighted by Crippen LogP contribution is -2.40. The minimum absolute atomic E-state index is 0.114. The largest absolute Gasteiger partial charge is 0.480 e. The molecule has 1 aliphatic heterocycles. The summed E-state index contributed by atoms with van der Waals surface area (Å²) in [6.45, 7) is 1.66. The molecule has 3 rings (SSSR count). The second-order valence-corrected chi connectivity index (χ2v) is 5.85. The Balaban J connectivity index is 1.85. The van der Waals surface area contributed by atoms with Crippen LogP contribution in [0.15, 0.2) is 53.5 Å². The summed E-state index contributed by atoms with van der Waals surface area (Å²) >= 11 is 0. The van der Waals surface area contributed by atoms with Gasteiger partial charge in [-0.05, 0) is 43.3 Å². The van der Waals surface area contributed by atoms with Gasteiger partial charge >= 0.3 is 5.97 Å². The number of Topliss-reactive ketones (excluding diaryl/α,β-unsaturated/α-hetero) is 1. The van der Waals surface area contributed by atoms with Crippen molar-refractivity contribution in [3.05, 3.63) is 59.7 Å². The van der Waals surface area contributed by atoms with Crippen molar-refractivity contribution in [3.8, 4) is 5.75 Å². The zero-order valence-electron chi connectivity index (χ0n) is 15.0. The predicted molar refractivity (Wildman–Crippen MR) is 100 cm³/mol. The molecule has 28 heavy (non-hydrogen) atoms. The van der Waals surface area contributed by atoms with E-state index in [1.54, 1.807) is 43.3 Å². The number of aliphatic imine (C=N–C) groups is 1. The molecule has 144 valence electrons. The van der Waals surface area contributed by atoms with E-state index in [2.05, 4.69) is 10.3 Å². The second kappa shape index (κ2) is 8.45. The topological polar surface area (TPSA) is 114 Å². The van der Waals surface area contributed by atoms with Gasteiger partial charge in [-0.15, -0.1) is 0 Å². The van der Waals surface area contributed by atoms with Crippen molar-refractivity contribution in [2.24, 2.45) is 4.99 Å². The Morgan fingerprint density at radius 2 is 1.89 bits per heavy atom. The van der Waals surface area contributed by atoms with Crippen molar-refractivity contribution in [2.45, 2.75) is 13.2 Å². The van der Waals surface area contributed by atoms with Crippen LogP contribution < -0.4 is 10.1 Å². The Bertz CT molecular complexity index is 936. The van der Waals surface area contributed by atoms with E-state index >= 15 is 0 Å². The van der Waals surface area contributed by atoms with E-state index in [9.17, 15) is 14.4 Å². The SMILES string of the molecule is CCOC1Oc2ccccc2C(=O)C1=Nc1ccc(C(=O)NCC(=O)O)cc1. The Morgan fingerprint density at radius 1 is 1.18 bits per heavy atom. The van der Waals surface area contributed by atoms with Crippen LogP contribution >= 0.6 is 0 Å². The summed E-state index contributed by atoms with van der Waals surface area (Å²) in [5.41, 5.74) is 1.24. The third kappa shape index (κ3) is 4.24. The number of aliphatic carboxylic acids is 1. The molecule has 1 atom stereocenters. The molecule has 0 aromatic heterocycles. The van der Waals surface area contributed by atoms with Gasteiger partial charge < -0.3 is 19.9 Å². The molecular weight excluding hydrogens is 364 g/mol. The third-order valence-electron chi connectivity index (χ3n) is 3.92. The first kappa shape index (κ1) is 19.2. The lowest BCUT2D eigenvalue weighted by molar-refractivity contribution is -0.135. The molecule has 0 saturated heterocycles. The average molecular weight is 382 g/mol. The van der Waals surface area contributed by atoms with Gasteiger partial charge in [-0.25, -0.2) is 4.99 Å². The van der Waals surface area contributed by atoms with Gasteiger partial charge in [0.1, 0.15) is 12.3 Å². The molecule has 0 aliphatic carbocycles. The molecule has 8 heteroatoms. The van der Waals surface area contributed by atoms with Gasteiger partial charge in [-0.2, -0.15) is 0 Å². The van der Waals surface area contributed by atoms with Crippen molar-refractivity contribution in [1.29, 1.82) is 0 Å². The third-order valence-corrected chi connectivity index (χ3v) is 3.92. The quantitative estimate of drug-likeness (QED) is 0.792. The smallest absolute Gasteiger partial charge is 0.322 e. The van der Waals surface area contributed by atoms with Crippen molar-refractivity contribution >= 4 is 29.1 Å². The maximum atomic E-state index is 12.8. The molecule has 0 bridgehead atoms. The predicted octanol–water partition coefficient (Wildman–Crippen LogP) is 2.21. The highest BCUT2D eigenvalue weighted by atomic mass is 16.7. The number of hydrogen-bond donors (Lipinski definition) is 2. The van der Waals surface area contributed by atoms with Crippen LogP contribution in [0.4, 0.5) is 5.69 Å². The van der Waals surface area contributed by atoms with Crippen molar-refractivity contribution in [2.75, 3.05) is 13.2 Å². The van der Waals surface area contributed by atoms with Crippen LogP contribution in [0.5, 0.6) is 5.75 Å². The number of para-hydroxylation sites is 1. The highest BCUT2D eigenvalue weighted by molar-refractivity contribution is 6.48. The number of nitrogens with one attached hydrogen (secondary N) is 1. The van der Waals surface area contributed by atoms with Crippen LogP contribution in [-0.4, -0.2) is 47.9 Å². The first-order chi connectivity index (χ1) is 13.5. The molecular formula is C20H18N2O6. The van der Waals surface area contributed by atoms with E-state index in [1.165, 1.54) is 12.1 Å². The second-order valence-electron chi connectivity index (χ2n) is 5.85. The number of carboxylic acids is 1. The average Bonchev–Trinajstić information content (AvgIpc) is 2.70. The van der Waals surface area contributed by atoms with Crippen LogP contribution in [0.3, 0.4) is 0 Å². The Kier molecular flexibility index (Phi) is 5.81. The summed E-state index contributed by atoms with van der Waals surface area (Å²) in [6, 6.07) is 13.0. The molecule has 0 fully saturated rings. The number of amides is 1. The molecule has 8 nitrogen and oxygen atoms in total. The number of carbonyl (C=O) groups excluding carboxylic acids is 2. The maximum Gasteiger partial charge on any atom is 0.322 e. The summed E-state index contributed by atoms with van der Waals surface area (Å²) in [5, 5.41) is 10.9. The van der Waals surface area contributed by atoms with Crippen molar-refractivity contribution in [1.82, 2.24) is 5.32 Å². The number of nitrogens with zero attached hydrogens (tertiary/aromatic N) is 1. The summed E-state index contributed by atoms with van der Waals surface area (Å²) in [6.07, 6.45) is -0.925. The summed E-state index contributed by atoms with van der Waals surface area (Å²) in [4.78, 5) is 39.6. The van der Waals surface area contributed by atoms with E-state index in [0.717, 1.165) is 0 Å². The normalized spacial score (nSPS) is 17.0. The number of benzene rings is 2. The maximum absolute atomic E-state index is 12.8. The number of hydrogen-bond acceptors (Lipinski definition) is 6. The summed E-state index contributed by atoms with van der Waals surface area (Å²) < 4.78 is 11.3. The van der Waals surface area contributed by atoms with Gasteiger partial charge in [0.05, 0.1) is 11.3 Å². The van der Waals surface area contributed by atoms with Crippen LogP contribution in [-0.2, 0) is 9.53 Å². The number of ketones is 1. The fourth-order valence-corrected chi connectivity index (χ4v) is 2.63. The highest BCUT2D eigenvalue weighted by Gasteiger charge is 2.33. The zero-order chi connectivity index (χ0) is 20.1. The number of ether oxygens (including phenoxy) is 2. The van der Waals surface area contributed by atoms with E-state index in [1.807, 2.05) is 0 Å². The number of carbonyl (C=O) groups is 3. The minimum Gasteiger partial charge on any atom is -0.480 e. The Hall–Kier alpha value is -3.52. The van der Waals surface area contributed by atoms with Crippen LogP contribution in [0.2, 0.25) is 0 Å². The molecule has 2 N–H and O–H groups in total. The monoisotopic (exact) mass is 382 g/mol. The zero-order valence-corrected chi connectivity index (χ0v) is 15.0. The molecule has 1 heterocycles. The summed E-state index contributed by atoms with van der Waals surface area (Å²) in [7, 11) is 0. The number of rotatable bonds is 6. The van der Waals surface area contributed by atoms with Crippen LogP contribution in [0.25, 0.3) is 0 Å². The molecule has 2 aromatic rings. The number of carboxylic acid groups (broad SMARTS) is 1. The van der Waals surface area contributed by atoms with E-state index in [4.69, 9.17) is 14.6 Å². The van der Waals surface area contributed by atoms with Gasteiger partial charge in [0, 0.05) is 12.2 Å². The Labute approximate surface area is 160 Å². The van der Waals surface area contributed by atoms with Crippen molar-refractivity contribution < 1.29 is 29.0 Å². The van der Waals surface area contributed by atoms with Gasteiger partial charge in [0.25, 0.3) is 5.91 Å². The van der Waals surface area contributed by atoms with Crippen LogP contribution in [0, 0.1) is 0 Å². The minimum atomic E-state index is -1.13. The van der Waals surface area contributed by atoms with Gasteiger partial charge in [0.2, 0.25) is 12.1 Å². The van der Waals surface area contributed by atoms with E-state index in [0.29, 0.717) is 23.6 Å². The molecule has 0 radical (unpaired) electrons. The highest BCUT2D eigenvalue weighted by Crippen LogP contribution is 2.28. The first-order valence-electron chi connectivity index (χ1n) is 8.60. The molecule has 1 amide bonds. The Morgan fingerprint density at radius 3 is 2.57 bits per heavy atom. The van der Waals surface area contributed by atoms with Gasteiger partial charge in [-0.1, -0.05) is 12.1 Å².